The van der Waals surface area contributed by atoms with Gasteiger partial charge in [0.1, 0.15) is 24.4 Å². The van der Waals surface area contributed by atoms with Crippen LogP contribution in [0.15, 0.2) is 0 Å². The van der Waals surface area contributed by atoms with Crippen molar-refractivity contribution in [3.63, 3.8) is 0 Å². The second kappa shape index (κ2) is 7.13. The minimum atomic E-state index is -1.49. The van der Waals surface area contributed by atoms with Crippen molar-refractivity contribution >= 4 is 0 Å². The van der Waals surface area contributed by atoms with Gasteiger partial charge >= 0.3 is 0 Å². The van der Waals surface area contributed by atoms with E-state index in [1.807, 2.05) is 0 Å². The lowest BCUT2D eigenvalue weighted by atomic mass is 9.71. The van der Waals surface area contributed by atoms with Crippen molar-refractivity contribution in [3.05, 3.63) is 0 Å². The van der Waals surface area contributed by atoms with Gasteiger partial charge < -0.3 is 40.1 Å². The third kappa shape index (κ3) is 3.91. The molecular formula is C16H30O8. The maximum atomic E-state index is 10.1. The average molecular weight is 350 g/mol. The second-order valence-corrected chi connectivity index (χ2v) is 7.76. The summed E-state index contributed by atoms with van der Waals surface area (Å²) in [6, 6.07) is 0. The number of aliphatic hydroxyl groups excluding tert-OH is 5. The lowest BCUT2D eigenvalue weighted by Gasteiger charge is -2.47. The Morgan fingerprint density at radius 3 is 2.29 bits per heavy atom. The molecule has 0 spiro atoms. The molecule has 1 heterocycles. The van der Waals surface area contributed by atoms with Gasteiger partial charge in [0.05, 0.1) is 23.9 Å². The molecule has 1 saturated carbocycles. The molecule has 0 radical (unpaired) electrons. The third-order valence-electron chi connectivity index (χ3n) is 5.48. The van der Waals surface area contributed by atoms with Gasteiger partial charge in [-0.25, -0.2) is 0 Å². The molecule has 0 bridgehead atoms. The fourth-order valence-corrected chi connectivity index (χ4v) is 3.47. The Bertz CT molecular complexity index is 424. The quantitative estimate of drug-likeness (QED) is 0.360. The molecule has 6 N–H and O–H groups in total. The Hall–Kier alpha value is -0.320. The standard InChI is InChI=1S/C16H30O8/c1-15(2,8-4-5-16(3,22)10(18)6-8)24-14-13(21)12(20)11(19)9(7-17)23-14/h8-14,17-22H,4-7H2,1-3H3/t8-,9+,10+,11+,12-,13+,14-,16+/m0/s1. The number of ether oxygens (including phenoxy) is 2. The van der Waals surface area contributed by atoms with Gasteiger partial charge in [0, 0.05) is 0 Å². The van der Waals surface area contributed by atoms with E-state index in [0.717, 1.165) is 0 Å². The zero-order valence-corrected chi connectivity index (χ0v) is 14.4. The summed E-state index contributed by atoms with van der Waals surface area (Å²) >= 11 is 0. The summed E-state index contributed by atoms with van der Waals surface area (Å²) in [5, 5.41) is 59.1. The number of rotatable bonds is 4. The predicted octanol–water partition coefficient (Wildman–Crippen LogP) is -1.51. The van der Waals surface area contributed by atoms with Crippen LogP contribution < -0.4 is 0 Å². The molecule has 0 aromatic rings. The summed E-state index contributed by atoms with van der Waals surface area (Å²) in [4.78, 5) is 0. The maximum Gasteiger partial charge on any atom is 0.187 e. The summed E-state index contributed by atoms with van der Waals surface area (Å²) in [5.41, 5.74) is -1.94. The zero-order chi connectivity index (χ0) is 18.3. The zero-order valence-electron chi connectivity index (χ0n) is 14.4. The highest BCUT2D eigenvalue weighted by atomic mass is 16.7. The Morgan fingerprint density at radius 1 is 1.12 bits per heavy atom. The van der Waals surface area contributed by atoms with Gasteiger partial charge in [0.15, 0.2) is 6.29 Å². The Kier molecular flexibility index (Phi) is 5.94. The molecule has 0 unspecified atom stereocenters. The van der Waals surface area contributed by atoms with E-state index < -0.39 is 54.6 Å². The maximum absolute atomic E-state index is 10.1. The van der Waals surface area contributed by atoms with Crippen LogP contribution in [0.1, 0.15) is 40.0 Å². The van der Waals surface area contributed by atoms with Crippen molar-refractivity contribution in [2.45, 2.75) is 88.0 Å². The van der Waals surface area contributed by atoms with E-state index in [0.29, 0.717) is 19.3 Å². The molecule has 1 aliphatic carbocycles. The molecule has 8 heteroatoms. The van der Waals surface area contributed by atoms with E-state index in [1.165, 1.54) is 0 Å². The van der Waals surface area contributed by atoms with Gasteiger partial charge in [0.2, 0.25) is 0 Å². The van der Waals surface area contributed by atoms with Gasteiger partial charge in [0.25, 0.3) is 0 Å². The van der Waals surface area contributed by atoms with Crippen molar-refractivity contribution in [3.8, 4) is 0 Å². The van der Waals surface area contributed by atoms with Crippen LogP contribution in [0, 0.1) is 5.92 Å². The van der Waals surface area contributed by atoms with Gasteiger partial charge in [-0.1, -0.05) is 0 Å². The van der Waals surface area contributed by atoms with Gasteiger partial charge in [-0.2, -0.15) is 0 Å². The van der Waals surface area contributed by atoms with E-state index in [9.17, 15) is 30.6 Å². The molecule has 2 fully saturated rings. The Balaban J connectivity index is 2.05. The van der Waals surface area contributed by atoms with Gasteiger partial charge in [-0.3, -0.25) is 0 Å². The first-order chi connectivity index (χ1) is 11.0. The number of hydrogen-bond acceptors (Lipinski definition) is 8. The fraction of sp³-hybridized carbons (Fsp3) is 1.00. The average Bonchev–Trinajstić information content (AvgIpc) is 2.50. The molecule has 0 amide bonds. The summed E-state index contributed by atoms with van der Waals surface area (Å²) in [5.74, 6) is -0.0971. The Labute approximate surface area is 141 Å². The molecule has 1 saturated heterocycles. The van der Waals surface area contributed by atoms with E-state index in [2.05, 4.69) is 0 Å². The van der Waals surface area contributed by atoms with Crippen LogP contribution in [-0.4, -0.2) is 85.3 Å². The van der Waals surface area contributed by atoms with Crippen LogP contribution in [0.5, 0.6) is 0 Å². The minimum absolute atomic E-state index is 0.0971. The lowest BCUT2D eigenvalue weighted by Crippen LogP contribution is -2.61. The van der Waals surface area contributed by atoms with Crippen LogP contribution in [0.3, 0.4) is 0 Å². The Morgan fingerprint density at radius 2 is 1.75 bits per heavy atom. The van der Waals surface area contributed by atoms with E-state index in [4.69, 9.17) is 9.47 Å². The van der Waals surface area contributed by atoms with Crippen molar-refractivity contribution in [2.75, 3.05) is 6.61 Å². The van der Waals surface area contributed by atoms with Crippen molar-refractivity contribution in [1.29, 1.82) is 0 Å². The molecule has 2 rings (SSSR count). The molecule has 2 aliphatic rings. The summed E-state index contributed by atoms with van der Waals surface area (Å²) in [6.07, 6.45) is -6.13. The molecule has 24 heavy (non-hydrogen) atoms. The molecule has 8 atom stereocenters. The first-order valence-electron chi connectivity index (χ1n) is 8.38. The number of aliphatic hydroxyl groups is 6. The number of hydrogen-bond donors (Lipinski definition) is 6. The van der Waals surface area contributed by atoms with Crippen molar-refractivity contribution < 1.29 is 40.1 Å². The summed E-state index contributed by atoms with van der Waals surface area (Å²) < 4.78 is 11.2. The molecule has 0 aromatic carbocycles. The fourth-order valence-electron chi connectivity index (χ4n) is 3.47. The van der Waals surface area contributed by atoms with Gasteiger partial charge in [-0.05, 0) is 46.0 Å². The van der Waals surface area contributed by atoms with E-state index in [1.54, 1.807) is 20.8 Å². The van der Waals surface area contributed by atoms with Crippen LogP contribution in [-0.2, 0) is 9.47 Å². The highest BCUT2D eigenvalue weighted by Crippen LogP contribution is 2.40. The van der Waals surface area contributed by atoms with Crippen LogP contribution in [0.2, 0.25) is 0 Å². The van der Waals surface area contributed by atoms with E-state index in [-0.39, 0.29) is 5.92 Å². The SMILES string of the molecule is CC(C)(O[C@@H]1O[C@H](CO)[C@@H](O)[C@H](O)[C@H]1O)[C@H]1CC[C@@](C)(O)[C@H](O)C1. The van der Waals surface area contributed by atoms with Gasteiger partial charge in [-0.15, -0.1) is 0 Å². The largest absolute Gasteiger partial charge is 0.394 e. The second-order valence-electron chi connectivity index (χ2n) is 7.76. The minimum Gasteiger partial charge on any atom is -0.394 e. The van der Waals surface area contributed by atoms with Crippen molar-refractivity contribution in [2.24, 2.45) is 5.92 Å². The smallest absolute Gasteiger partial charge is 0.187 e. The van der Waals surface area contributed by atoms with Crippen LogP contribution >= 0.6 is 0 Å². The first-order valence-corrected chi connectivity index (χ1v) is 8.38. The highest BCUT2D eigenvalue weighted by Gasteiger charge is 2.48. The molecular weight excluding hydrogens is 320 g/mol. The van der Waals surface area contributed by atoms with Crippen LogP contribution in [0.4, 0.5) is 0 Å². The van der Waals surface area contributed by atoms with E-state index >= 15 is 0 Å². The topological polar surface area (TPSA) is 140 Å². The molecule has 142 valence electrons. The summed E-state index contributed by atoms with van der Waals surface area (Å²) in [7, 11) is 0. The monoisotopic (exact) mass is 350 g/mol. The van der Waals surface area contributed by atoms with Crippen molar-refractivity contribution in [1.82, 2.24) is 0 Å². The predicted molar refractivity (Wildman–Crippen MR) is 82.9 cm³/mol. The highest BCUT2D eigenvalue weighted by molar-refractivity contribution is 4.96. The third-order valence-corrected chi connectivity index (χ3v) is 5.48. The molecule has 1 aliphatic heterocycles. The molecule has 0 aromatic heterocycles. The molecule has 8 nitrogen and oxygen atoms in total. The van der Waals surface area contributed by atoms with Crippen LogP contribution in [0.25, 0.3) is 0 Å². The lowest BCUT2D eigenvalue weighted by molar-refractivity contribution is -0.330. The summed E-state index contributed by atoms with van der Waals surface area (Å²) in [6.45, 7) is 4.65. The normalized spacial score (nSPS) is 47.6. The first kappa shape index (κ1) is 20.0.